The Balaban J connectivity index is 2.19. The van der Waals surface area contributed by atoms with Crippen LogP contribution >= 0.6 is 0 Å². The number of nitrogens with two attached hydrogens (primary N) is 1. The van der Waals surface area contributed by atoms with E-state index >= 15 is 0 Å². The van der Waals surface area contributed by atoms with E-state index in [1.54, 1.807) is 0 Å². The zero-order valence-electron chi connectivity index (χ0n) is 15.5. The Morgan fingerprint density at radius 1 is 1.24 bits per heavy atom. The van der Waals surface area contributed by atoms with E-state index in [0.717, 1.165) is 12.8 Å². The number of fused-ring (bicyclic) bond motifs is 1. The first-order valence-electron chi connectivity index (χ1n) is 8.78. The topological polar surface area (TPSA) is 152 Å². The van der Waals surface area contributed by atoms with Crippen LogP contribution in [0.3, 0.4) is 0 Å². The lowest BCUT2D eigenvalue weighted by Crippen LogP contribution is -2.14. The fourth-order valence-corrected chi connectivity index (χ4v) is 3.26. The molecule has 1 heterocycles. The van der Waals surface area contributed by atoms with Crippen molar-refractivity contribution in [1.29, 1.82) is 0 Å². The van der Waals surface area contributed by atoms with Gasteiger partial charge in [0.15, 0.2) is 0 Å². The fourth-order valence-electron chi connectivity index (χ4n) is 2.72. The van der Waals surface area contributed by atoms with Crippen molar-refractivity contribution in [3.8, 4) is 17.1 Å². The Morgan fingerprint density at radius 2 is 2.00 bits per heavy atom. The van der Waals surface area contributed by atoms with E-state index in [1.807, 2.05) is 6.92 Å². The number of carboxylic acid groups (broad SMARTS) is 1. The van der Waals surface area contributed by atoms with Gasteiger partial charge in [-0.3, -0.25) is 4.79 Å². The lowest BCUT2D eigenvalue weighted by Gasteiger charge is -2.13. The largest absolute Gasteiger partial charge is 0.493 e. The third-order valence-electron chi connectivity index (χ3n) is 4.24. The molecule has 3 rings (SSSR count). The summed E-state index contributed by atoms with van der Waals surface area (Å²) in [6, 6.07) is 8.04. The van der Waals surface area contributed by atoms with E-state index in [4.69, 9.17) is 15.0 Å². The van der Waals surface area contributed by atoms with Crippen LogP contribution in [0.4, 0.5) is 0 Å². The van der Waals surface area contributed by atoms with E-state index in [0.29, 0.717) is 12.4 Å². The highest BCUT2D eigenvalue weighted by Crippen LogP contribution is 2.30. The van der Waals surface area contributed by atoms with Gasteiger partial charge in [0.25, 0.3) is 5.56 Å². The summed E-state index contributed by atoms with van der Waals surface area (Å²) in [5.74, 6) is -0.735. The number of carbonyl (C=O) groups is 1. The molecule has 0 bridgehead atoms. The number of rotatable bonds is 7. The molecule has 152 valence electrons. The lowest BCUT2D eigenvalue weighted by molar-refractivity contribution is 0.0697. The van der Waals surface area contributed by atoms with E-state index in [2.05, 4.69) is 9.97 Å². The second-order valence-electron chi connectivity index (χ2n) is 6.36. The van der Waals surface area contributed by atoms with E-state index < -0.39 is 21.6 Å². The molecular weight excluding hydrogens is 398 g/mol. The molecular formula is C19H19N3O6S. The molecule has 0 aliphatic rings. The van der Waals surface area contributed by atoms with Gasteiger partial charge in [-0.05, 0) is 42.8 Å². The average molecular weight is 417 g/mol. The highest BCUT2D eigenvalue weighted by atomic mass is 32.2. The summed E-state index contributed by atoms with van der Waals surface area (Å²) in [6.07, 6.45) is 1.69. The second kappa shape index (κ2) is 8.02. The number of aromatic amines is 1. The number of nitrogens with one attached hydrogen (secondary N) is 1. The van der Waals surface area contributed by atoms with Gasteiger partial charge < -0.3 is 14.8 Å². The molecule has 0 spiro atoms. The van der Waals surface area contributed by atoms with Crippen LogP contribution in [-0.2, 0) is 10.0 Å². The second-order valence-corrected chi connectivity index (χ2v) is 7.92. The maximum absolute atomic E-state index is 12.5. The number of aromatic nitrogens is 2. The molecule has 0 amide bonds. The van der Waals surface area contributed by atoms with Crippen molar-refractivity contribution in [2.45, 2.75) is 24.7 Å². The molecule has 0 saturated heterocycles. The molecule has 10 heteroatoms. The van der Waals surface area contributed by atoms with Crippen molar-refractivity contribution in [2.75, 3.05) is 6.61 Å². The number of sulfonamides is 1. The van der Waals surface area contributed by atoms with Gasteiger partial charge in [-0.1, -0.05) is 13.3 Å². The summed E-state index contributed by atoms with van der Waals surface area (Å²) in [5, 5.41) is 14.4. The van der Waals surface area contributed by atoms with Crippen molar-refractivity contribution < 1.29 is 23.1 Å². The SMILES string of the molecule is CCCCOc1ccc(S(N)(=O)=O)cc1-c1nc2ccc(C(=O)O)cc2c(=O)[nH]1. The minimum atomic E-state index is -3.98. The summed E-state index contributed by atoms with van der Waals surface area (Å²) in [5.41, 5.74) is -0.0887. The first-order valence-corrected chi connectivity index (χ1v) is 10.3. The molecule has 3 aromatic rings. The molecule has 29 heavy (non-hydrogen) atoms. The van der Waals surface area contributed by atoms with Crippen LogP contribution in [0.2, 0.25) is 0 Å². The first kappa shape index (κ1) is 20.5. The van der Waals surface area contributed by atoms with Crippen LogP contribution in [0.15, 0.2) is 46.1 Å². The normalized spacial score (nSPS) is 11.5. The summed E-state index contributed by atoms with van der Waals surface area (Å²) in [7, 11) is -3.98. The van der Waals surface area contributed by atoms with Gasteiger partial charge in [0.05, 0.1) is 33.5 Å². The van der Waals surface area contributed by atoms with Crippen molar-refractivity contribution in [1.82, 2.24) is 9.97 Å². The number of ether oxygens (including phenoxy) is 1. The summed E-state index contributed by atoms with van der Waals surface area (Å²) in [4.78, 5) is 30.4. The highest BCUT2D eigenvalue weighted by molar-refractivity contribution is 7.89. The fraction of sp³-hybridized carbons (Fsp3) is 0.211. The standard InChI is InChI=1S/C19H19N3O6S/c1-2-3-8-28-16-7-5-12(29(20,26)27)10-14(16)17-21-15-6-4-11(19(24)25)9-13(15)18(23)22-17/h4-7,9-10H,2-3,8H2,1H3,(H,24,25)(H2,20,26,27)(H,21,22,23). The van der Waals surface area contributed by atoms with Gasteiger partial charge in [0.2, 0.25) is 10.0 Å². The Labute approximate surface area is 166 Å². The molecule has 0 aliphatic carbocycles. The van der Waals surface area contributed by atoms with Crippen molar-refractivity contribution in [2.24, 2.45) is 5.14 Å². The molecule has 0 unspecified atom stereocenters. The average Bonchev–Trinajstić information content (AvgIpc) is 2.67. The third kappa shape index (κ3) is 4.44. The summed E-state index contributed by atoms with van der Waals surface area (Å²) >= 11 is 0. The Bertz CT molecular complexity index is 1250. The van der Waals surface area contributed by atoms with Gasteiger partial charge in [-0.2, -0.15) is 0 Å². The number of aromatic carboxylic acids is 1. The van der Waals surface area contributed by atoms with Gasteiger partial charge in [-0.25, -0.2) is 23.3 Å². The quantitative estimate of drug-likeness (QED) is 0.498. The van der Waals surface area contributed by atoms with Gasteiger partial charge in [0.1, 0.15) is 11.6 Å². The van der Waals surface area contributed by atoms with Gasteiger partial charge in [-0.15, -0.1) is 0 Å². The molecule has 0 saturated carbocycles. The molecule has 0 radical (unpaired) electrons. The number of nitrogens with zero attached hydrogens (tertiary/aromatic N) is 1. The summed E-state index contributed by atoms with van der Waals surface area (Å²) in [6.45, 7) is 2.40. The van der Waals surface area contributed by atoms with Crippen LogP contribution in [0.5, 0.6) is 5.75 Å². The number of hydrogen-bond donors (Lipinski definition) is 3. The maximum atomic E-state index is 12.5. The summed E-state index contributed by atoms with van der Waals surface area (Å²) < 4.78 is 29.2. The van der Waals surface area contributed by atoms with Crippen LogP contribution < -0.4 is 15.4 Å². The van der Waals surface area contributed by atoms with Crippen LogP contribution in [-0.4, -0.2) is 36.1 Å². The van der Waals surface area contributed by atoms with E-state index in [-0.39, 0.29) is 32.7 Å². The minimum absolute atomic E-state index is 0.0441. The van der Waals surface area contributed by atoms with Crippen LogP contribution in [0.1, 0.15) is 30.1 Å². The number of primary sulfonamides is 1. The Hall–Kier alpha value is -3.24. The number of unbranched alkanes of at least 4 members (excludes halogenated alkanes) is 1. The monoisotopic (exact) mass is 417 g/mol. The molecule has 0 atom stereocenters. The minimum Gasteiger partial charge on any atom is -0.493 e. The zero-order chi connectivity index (χ0) is 21.2. The number of benzene rings is 2. The first-order chi connectivity index (χ1) is 13.7. The van der Waals surface area contributed by atoms with Gasteiger partial charge in [0, 0.05) is 0 Å². The lowest BCUT2D eigenvalue weighted by atomic mass is 10.1. The van der Waals surface area contributed by atoms with Crippen LogP contribution in [0.25, 0.3) is 22.3 Å². The molecule has 2 aromatic carbocycles. The molecule has 0 fully saturated rings. The number of hydrogen-bond acceptors (Lipinski definition) is 6. The van der Waals surface area contributed by atoms with Crippen molar-refractivity contribution in [3.05, 3.63) is 52.3 Å². The van der Waals surface area contributed by atoms with E-state index in [9.17, 15) is 18.0 Å². The molecule has 4 N–H and O–H groups in total. The smallest absolute Gasteiger partial charge is 0.335 e. The third-order valence-corrected chi connectivity index (χ3v) is 5.15. The molecule has 0 aliphatic heterocycles. The van der Waals surface area contributed by atoms with E-state index in [1.165, 1.54) is 36.4 Å². The number of H-pyrrole nitrogens is 1. The zero-order valence-corrected chi connectivity index (χ0v) is 16.3. The molecule has 9 nitrogen and oxygen atoms in total. The van der Waals surface area contributed by atoms with Gasteiger partial charge >= 0.3 is 5.97 Å². The van der Waals surface area contributed by atoms with Crippen LogP contribution in [0, 0.1) is 0 Å². The van der Waals surface area contributed by atoms with Crippen molar-refractivity contribution >= 4 is 26.9 Å². The maximum Gasteiger partial charge on any atom is 0.335 e. The predicted octanol–water partition coefficient (Wildman–Crippen LogP) is 2.11. The van der Waals surface area contributed by atoms with Crippen molar-refractivity contribution in [3.63, 3.8) is 0 Å². The molecule has 1 aromatic heterocycles. The Morgan fingerprint density at radius 3 is 2.66 bits per heavy atom. The Kier molecular flexibility index (Phi) is 5.66. The number of carboxylic acids is 1. The predicted molar refractivity (Wildman–Crippen MR) is 107 cm³/mol. The highest BCUT2D eigenvalue weighted by Gasteiger charge is 2.17.